The highest BCUT2D eigenvalue weighted by atomic mass is 16.5. The maximum atomic E-state index is 10.1. The van der Waals surface area contributed by atoms with Crippen molar-refractivity contribution < 1.29 is 9.84 Å². The van der Waals surface area contributed by atoms with Gasteiger partial charge in [0.25, 0.3) is 0 Å². The Labute approximate surface area is 129 Å². The first-order valence-electron chi connectivity index (χ1n) is 9.22. The van der Waals surface area contributed by atoms with Crippen LogP contribution in [0, 0.1) is 23.7 Å². The highest BCUT2D eigenvalue weighted by Gasteiger charge is 2.40. The zero-order chi connectivity index (χ0) is 14.7. The third kappa shape index (κ3) is 5.22. The molecule has 0 aromatic rings. The molecule has 0 aliphatic heterocycles. The van der Waals surface area contributed by atoms with Gasteiger partial charge >= 0.3 is 0 Å². The second-order valence-corrected chi connectivity index (χ2v) is 7.88. The average molecular weight is 295 g/mol. The number of ether oxygens (including phenoxy) is 1. The highest BCUT2D eigenvalue weighted by molar-refractivity contribution is 4.92. The van der Waals surface area contributed by atoms with Gasteiger partial charge in [-0.05, 0) is 68.7 Å². The van der Waals surface area contributed by atoms with Gasteiger partial charge in [-0.25, -0.2) is 0 Å². The first kappa shape index (κ1) is 15.8. The summed E-state index contributed by atoms with van der Waals surface area (Å²) in [6, 6.07) is 0. The molecular formula is C18H33NO2. The van der Waals surface area contributed by atoms with Gasteiger partial charge in [-0.15, -0.1) is 0 Å². The van der Waals surface area contributed by atoms with Gasteiger partial charge in [0, 0.05) is 6.54 Å². The van der Waals surface area contributed by atoms with E-state index >= 15 is 0 Å². The molecule has 122 valence electrons. The van der Waals surface area contributed by atoms with E-state index in [1.165, 1.54) is 51.4 Å². The SMILES string of the molecule is CC1CCCC(OCC(O)CNCC(C2CC2)C2CC2)C1. The molecule has 3 saturated carbocycles. The molecule has 3 atom stereocenters. The predicted molar refractivity (Wildman–Crippen MR) is 85.2 cm³/mol. The van der Waals surface area contributed by atoms with E-state index < -0.39 is 0 Å². The fraction of sp³-hybridized carbons (Fsp3) is 1.00. The molecule has 3 unspecified atom stereocenters. The van der Waals surface area contributed by atoms with Crippen LogP contribution in [0.15, 0.2) is 0 Å². The largest absolute Gasteiger partial charge is 0.389 e. The summed E-state index contributed by atoms with van der Waals surface area (Å²) >= 11 is 0. The van der Waals surface area contributed by atoms with E-state index in [0.29, 0.717) is 19.3 Å². The molecule has 0 saturated heterocycles. The topological polar surface area (TPSA) is 41.5 Å². The van der Waals surface area contributed by atoms with Crippen molar-refractivity contribution in [1.29, 1.82) is 0 Å². The molecule has 3 aliphatic rings. The van der Waals surface area contributed by atoms with Gasteiger partial charge < -0.3 is 15.2 Å². The smallest absolute Gasteiger partial charge is 0.0897 e. The van der Waals surface area contributed by atoms with E-state index in [1.54, 1.807) is 0 Å². The van der Waals surface area contributed by atoms with Crippen LogP contribution in [0.3, 0.4) is 0 Å². The van der Waals surface area contributed by atoms with Crippen molar-refractivity contribution in [2.45, 2.75) is 70.5 Å². The van der Waals surface area contributed by atoms with E-state index in [9.17, 15) is 5.11 Å². The fourth-order valence-corrected chi connectivity index (χ4v) is 4.02. The summed E-state index contributed by atoms with van der Waals surface area (Å²) in [4.78, 5) is 0. The van der Waals surface area contributed by atoms with Crippen LogP contribution in [0.5, 0.6) is 0 Å². The molecule has 0 heterocycles. The number of hydrogen-bond acceptors (Lipinski definition) is 3. The van der Waals surface area contributed by atoms with Crippen LogP contribution in [0.4, 0.5) is 0 Å². The number of aliphatic hydroxyl groups excluding tert-OH is 1. The molecule has 3 rings (SSSR count). The Kier molecular flexibility index (Phi) is 5.58. The van der Waals surface area contributed by atoms with Gasteiger partial charge in [0.15, 0.2) is 0 Å². The van der Waals surface area contributed by atoms with Gasteiger partial charge in [-0.1, -0.05) is 19.8 Å². The van der Waals surface area contributed by atoms with Crippen molar-refractivity contribution in [2.24, 2.45) is 23.7 Å². The van der Waals surface area contributed by atoms with Crippen molar-refractivity contribution in [3.05, 3.63) is 0 Å². The molecule has 2 N–H and O–H groups in total. The zero-order valence-corrected chi connectivity index (χ0v) is 13.6. The third-order valence-electron chi connectivity index (χ3n) is 5.63. The number of rotatable bonds is 9. The van der Waals surface area contributed by atoms with Crippen LogP contribution in [0.1, 0.15) is 58.3 Å². The van der Waals surface area contributed by atoms with Gasteiger partial charge in [-0.3, -0.25) is 0 Å². The second-order valence-electron chi connectivity index (χ2n) is 7.88. The predicted octanol–water partition coefficient (Wildman–Crippen LogP) is 2.97. The Morgan fingerprint density at radius 1 is 1.05 bits per heavy atom. The first-order valence-corrected chi connectivity index (χ1v) is 9.22. The van der Waals surface area contributed by atoms with Crippen molar-refractivity contribution in [3.63, 3.8) is 0 Å². The standard InChI is InChI=1S/C18H33NO2/c1-13-3-2-4-17(9-13)21-12-16(20)10-19-11-18(14-5-6-14)15-7-8-15/h13-20H,2-12H2,1H3. The summed E-state index contributed by atoms with van der Waals surface area (Å²) in [6.07, 6.45) is 10.8. The summed E-state index contributed by atoms with van der Waals surface area (Å²) in [5.74, 6) is 3.65. The normalized spacial score (nSPS) is 31.6. The lowest BCUT2D eigenvalue weighted by Crippen LogP contribution is -2.36. The molecule has 0 aromatic carbocycles. The molecule has 0 aromatic heterocycles. The molecule has 3 aliphatic carbocycles. The van der Waals surface area contributed by atoms with Crippen LogP contribution in [0.25, 0.3) is 0 Å². The van der Waals surface area contributed by atoms with E-state index in [1.807, 2.05) is 0 Å². The van der Waals surface area contributed by atoms with Gasteiger partial charge in [0.05, 0.1) is 18.8 Å². The Morgan fingerprint density at radius 3 is 2.38 bits per heavy atom. The molecule has 0 amide bonds. The lowest BCUT2D eigenvalue weighted by molar-refractivity contribution is -0.0308. The van der Waals surface area contributed by atoms with Crippen LogP contribution < -0.4 is 5.32 Å². The Balaban J connectivity index is 1.26. The highest BCUT2D eigenvalue weighted by Crippen LogP contribution is 2.48. The number of aliphatic hydroxyl groups is 1. The van der Waals surface area contributed by atoms with Crippen molar-refractivity contribution in [2.75, 3.05) is 19.7 Å². The summed E-state index contributed by atoms with van der Waals surface area (Å²) in [7, 11) is 0. The number of hydrogen-bond donors (Lipinski definition) is 2. The van der Waals surface area contributed by atoms with Crippen molar-refractivity contribution >= 4 is 0 Å². The first-order chi connectivity index (χ1) is 10.2. The van der Waals surface area contributed by atoms with Gasteiger partial charge in [0.1, 0.15) is 0 Å². The summed E-state index contributed by atoms with van der Waals surface area (Å²) < 4.78 is 5.90. The van der Waals surface area contributed by atoms with Crippen LogP contribution in [-0.4, -0.2) is 37.0 Å². The molecule has 0 bridgehead atoms. The van der Waals surface area contributed by atoms with Crippen molar-refractivity contribution in [1.82, 2.24) is 5.32 Å². The Hall–Kier alpha value is -0.120. The lowest BCUT2D eigenvalue weighted by Gasteiger charge is -2.27. The van der Waals surface area contributed by atoms with Crippen LogP contribution in [0.2, 0.25) is 0 Å². The number of nitrogens with one attached hydrogen (secondary N) is 1. The van der Waals surface area contributed by atoms with Crippen LogP contribution >= 0.6 is 0 Å². The Bertz CT molecular complexity index is 302. The van der Waals surface area contributed by atoms with Gasteiger partial charge in [-0.2, -0.15) is 0 Å². The second kappa shape index (κ2) is 7.43. The molecule has 3 heteroatoms. The van der Waals surface area contributed by atoms with Gasteiger partial charge in [0.2, 0.25) is 0 Å². The molecule has 0 radical (unpaired) electrons. The maximum absolute atomic E-state index is 10.1. The molecule has 21 heavy (non-hydrogen) atoms. The van der Waals surface area contributed by atoms with E-state index in [0.717, 1.165) is 30.2 Å². The van der Waals surface area contributed by atoms with Crippen LogP contribution in [-0.2, 0) is 4.74 Å². The minimum atomic E-state index is -0.346. The molecular weight excluding hydrogens is 262 g/mol. The quantitative estimate of drug-likeness (QED) is 0.687. The summed E-state index contributed by atoms with van der Waals surface area (Å²) in [6.45, 7) is 4.61. The lowest BCUT2D eigenvalue weighted by atomic mass is 9.89. The summed E-state index contributed by atoms with van der Waals surface area (Å²) in [5.41, 5.74) is 0. The fourth-order valence-electron chi connectivity index (χ4n) is 4.02. The Morgan fingerprint density at radius 2 is 1.76 bits per heavy atom. The van der Waals surface area contributed by atoms with E-state index in [-0.39, 0.29) is 6.10 Å². The average Bonchev–Trinajstić information content (AvgIpc) is 3.35. The summed E-state index contributed by atoms with van der Waals surface area (Å²) in [5, 5.41) is 13.6. The molecule has 0 spiro atoms. The van der Waals surface area contributed by atoms with E-state index in [4.69, 9.17) is 4.74 Å². The minimum absolute atomic E-state index is 0.346. The third-order valence-corrected chi connectivity index (χ3v) is 5.63. The van der Waals surface area contributed by atoms with Crippen molar-refractivity contribution in [3.8, 4) is 0 Å². The monoisotopic (exact) mass is 295 g/mol. The molecule has 3 fully saturated rings. The molecule has 3 nitrogen and oxygen atoms in total. The van der Waals surface area contributed by atoms with E-state index in [2.05, 4.69) is 12.2 Å². The maximum Gasteiger partial charge on any atom is 0.0897 e. The zero-order valence-electron chi connectivity index (χ0n) is 13.6. The minimum Gasteiger partial charge on any atom is -0.389 e.